The van der Waals surface area contributed by atoms with Crippen molar-refractivity contribution in [2.24, 2.45) is 0 Å². The SMILES string of the molecule is C/C=C(/C/C(C)=C/C)c1c(Cl)c(C)cc2[nH]ncc12. The molecule has 0 bridgehead atoms. The number of benzene rings is 1. The summed E-state index contributed by atoms with van der Waals surface area (Å²) in [6.07, 6.45) is 7.04. The molecular weight excluding hydrogens is 256 g/mol. The molecule has 100 valence electrons. The minimum atomic E-state index is 0.825. The number of rotatable bonds is 3. The quantitative estimate of drug-likeness (QED) is 0.758. The zero-order chi connectivity index (χ0) is 14.0. The fourth-order valence-electron chi connectivity index (χ4n) is 2.25. The van der Waals surface area contributed by atoms with Gasteiger partial charge in [-0.2, -0.15) is 5.10 Å². The first kappa shape index (κ1) is 13.9. The van der Waals surface area contributed by atoms with Crippen molar-refractivity contribution in [3.63, 3.8) is 0 Å². The van der Waals surface area contributed by atoms with E-state index in [1.165, 1.54) is 11.1 Å². The maximum absolute atomic E-state index is 6.53. The average molecular weight is 275 g/mol. The van der Waals surface area contributed by atoms with E-state index in [0.29, 0.717) is 0 Å². The number of H-pyrrole nitrogens is 1. The predicted octanol–water partition coefficient (Wildman–Crippen LogP) is 5.28. The van der Waals surface area contributed by atoms with Gasteiger partial charge in [-0.15, -0.1) is 0 Å². The van der Waals surface area contributed by atoms with E-state index in [1.54, 1.807) is 0 Å². The molecule has 0 radical (unpaired) electrons. The summed E-state index contributed by atoms with van der Waals surface area (Å²) < 4.78 is 0. The first-order valence-electron chi connectivity index (χ1n) is 6.48. The molecule has 0 saturated carbocycles. The van der Waals surface area contributed by atoms with Crippen LogP contribution in [0.3, 0.4) is 0 Å². The number of allylic oxidation sites excluding steroid dienone is 4. The van der Waals surface area contributed by atoms with Gasteiger partial charge in [0.1, 0.15) is 0 Å². The van der Waals surface area contributed by atoms with Crippen LogP contribution in [0, 0.1) is 6.92 Å². The molecule has 0 unspecified atom stereocenters. The Labute approximate surface area is 119 Å². The van der Waals surface area contributed by atoms with Crippen molar-refractivity contribution in [2.45, 2.75) is 34.1 Å². The molecular formula is C16H19ClN2. The van der Waals surface area contributed by atoms with Gasteiger partial charge in [0, 0.05) is 10.9 Å². The lowest BCUT2D eigenvalue weighted by Crippen LogP contribution is -1.92. The molecule has 0 fully saturated rings. The van der Waals surface area contributed by atoms with E-state index in [9.17, 15) is 0 Å². The van der Waals surface area contributed by atoms with Crippen LogP contribution in [0.5, 0.6) is 0 Å². The van der Waals surface area contributed by atoms with Gasteiger partial charge in [0.2, 0.25) is 0 Å². The normalized spacial score (nSPS) is 13.3. The highest BCUT2D eigenvalue weighted by atomic mass is 35.5. The summed E-state index contributed by atoms with van der Waals surface area (Å²) in [5, 5.41) is 9.07. The monoisotopic (exact) mass is 274 g/mol. The molecule has 2 aromatic rings. The fraction of sp³-hybridized carbons (Fsp3) is 0.312. The number of aromatic nitrogens is 2. The number of hydrogen-bond acceptors (Lipinski definition) is 1. The molecule has 0 aliphatic rings. The number of fused-ring (bicyclic) bond motifs is 1. The van der Waals surface area contributed by atoms with Crippen molar-refractivity contribution in [3.8, 4) is 0 Å². The van der Waals surface area contributed by atoms with Crippen LogP contribution in [-0.4, -0.2) is 10.2 Å². The molecule has 0 atom stereocenters. The Bertz CT molecular complexity index is 663. The fourth-order valence-corrected chi connectivity index (χ4v) is 2.53. The van der Waals surface area contributed by atoms with Crippen molar-refractivity contribution in [2.75, 3.05) is 0 Å². The van der Waals surface area contributed by atoms with Crippen molar-refractivity contribution in [3.05, 3.63) is 46.1 Å². The van der Waals surface area contributed by atoms with Gasteiger partial charge in [0.15, 0.2) is 0 Å². The molecule has 19 heavy (non-hydrogen) atoms. The summed E-state index contributed by atoms with van der Waals surface area (Å²) in [4.78, 5) is 0. The van der Waals surface area contributed by atoms with E-state index in [0.717, 1.165) is 33.5 Å². The maximum Gasteiger partial charge on any atom is 0.0660 e. The third-order valence-electron chi connectivity index (χ3n) is 3.50. The molecule has 0 amide bonds. The van der Waals surface area contributed by atoms with Crippen molar-refractivity contribution in [1.29, 1.82) is 0 Å². The standard InChI is InChI=1S/C16H19ClN2/c1-5-10(3)7-12(6-2)15-13-9-18-19-14(13)8-11(4)16(15)17/h5-6,8-9H,7H2,1-4H3,(H,18,19)/b10-5+,12-6-. The first-order chi connectivity index (χ1) is 9.08. The summed E-state index contributed by atoms with van der Waals surface area (Å²) in [6, 6.07) is 2.05. The van der Waals surface area contributed by atoms with Gasteiger partial charge >= 0.3 is 0 Å². The van der Waals surface area contributed by atoms with Crippen LogP contribution in [0.25, 0.3) is 16.5 Å². The van der Waals surface area contributed by atoms with Crippen LogP contribution >= 0.6 is 11.6 Å². The number of nitrogens with zero attached hydrogens (tertiary/aromatic N) is 1. The van der Waals surface area contributed by atoms with E-state index < -0.39 is 0 Å². The molecule has 2 rings (SSSR count). The molecule has 1 aromatic heterocycles. The summed E-state index contributed by atoms with van der Waals surface area (Å²) in [7, 11) is 0. The zero-order valence-electron chi connectivity index (χ0n) is 11.8. The van der Waals surface area contributed by atoms with Gasteiger partial charge in [-0.3, -0.25) is 5.10 Å². The van der Waals surface area contributed by atoms with Crippen molar-refractivity contribution in [1.82, 2.24) is 10.2 Å². The third-order valence-corrected chi connectivity index (χ3v) is 3.98. The Morgan fingerprint density at radius 2 is 2.11 bits per heavy atom. The Morgan fingerprint density at radius 1 is 1.37 bits per heavy atom. The van der Waals surface area contributed by atoms with Crippen LogP contribution in [0.15, 0.2) is 30.0 Å². The second-order valence-corrected chi connectivity index (χ2v) is 5.22. The summed E-state index contributed by atoms with van der Waals surface area (Å²) in [6.45, 7) is 8.29. The lowest BCUT2D eigenvalue weighted by atomic mass is 9.94. The van der Waals surface area contributed by atoms with Crippen LogP contribution in [-0.2, 0) is 0 Å². The molecule has 1 N–H and O–H groups in total. The number of hydrogen-bond donors (Lipinski definition) is 1. The van der Waals surface area contributed by atoms with Gasteiger partial charge in [-0.1, -0.05) is 29.3 Å². The summed E-state index contributed by atoms with van der Waals surface area (Å²) in [5.74, 6) is 0. The topological polar surface area (TPSA) is 28.7 Å². The zero-order valence-corrected chi connectivity index (χ0v) is 12.6. The Kier molecular flexibility index (Phi) is 4.11. The second kappa shape index (κ2) is 5.62. The van der Waals surface area contributed by atoms with E-state index in [1.807, 2.05) is 19.2 Å². The van der Waals surface area contributed by atoms with Crippen molar-refractivity contribution < 1.29 is 0 Å². The van der Waals surface area contributed by atoms with E-state index in [-0.39, 0.29) is 0 Å². The highest BCUT2D eigenvalue weighted by Crippen LogP contribution is 2.36. The Morgan fingerprint density at radius 3 is 2.74 bits per heavy atom. The Balaban J connectivity index is 2.65. The van der Waals surface area contributed by atoms with Gasteiger partial charge in [0.25, 0.3) is 0 Å². The third kappa shape index (κ3) is 2.59. The molecule has 1 aromatic carbocycles. The van der Waals surface area contributed by atoms with Gasteiger partial charge < -0.3 is 0 Å². The Hall–Kier alpha value is -1.54. The lowest BCUT2D eigenvalue weighted by Gasteiger charge is -2.13. The highest BCUT2D eigenvalue weighted by Gasteiger charge is 2.14. The van der Waals surface area contributed by atoms with Crippen LogP contribution in [0.1, 0.15) is 38.3 Å². The van der Waals surface area contributed by atoms with E-state index >= 15 is 0 Å². The number of aryl methyl sites for hydroxylation is 1. The average Bonchev–Trinajstić information content (AvgIpc) is 2.85. The molecule has 0 saturated heterocycles. The second-order valence-electron chi connectivity index (χ2n) is 4.84. The largest absolute Gasteiger partial charge is 0.278 e. The van der Waals surface area contributed by atoms with Crippen LogP contribution < -0.4 is 0 Å². The molecule has 3 heteroatoms. The van der Waals surface area contributed by atoms with Gasteiger partial charge in [0.05, 0.1) is 16.7 Å². The highest BCUT2D eigenvalue weighted by molar-refractivity contribution is 6.34. The van der Waals surface area contributed by atoms with E-state index in [2.05, 4.69) is 43.1 Å². The predicted molar refractivity (Wildman–Crippen MR) is 83.5 cm³/mol. The maximum atomic E-state index is 6.53. The number of aromatic amines is 1. The lowest BCUT2D eigenvalue weighted by molar-refractivity contribution is 1.12. The first-order valence-corrected chi connectivity index (χ1v) is 6.85. The number of halogens is 1. The summed E-state index contributed by atoms with van der Waals surface area (Å²) >= 11 is 6.53. The summed E-state index contributed by atoms with van der Waals surface area (Å²) in [5.41, 5.74) is 5.80. The molecule has 1 heterocycles. The molecule has 0 aliphatic heterocycles. The molecule has 2 nitrogen and oxygen atoms in total. The van der Waals surface area contributed by atoms with Crippen LogP contribution in [0.4, 0.5) is 0 Å². The molecule has 0 spiro atoms. The van der Waals surface area contributed by atoms with Crippen LogP contribution in [0.2, 0.25) is 5.02 Å². The van der Waals surface area contributed by atoms with Gasteiger partial charge in [-0.05, 0) is 51.3 Å². The smallest absolute Gasteiger partial charge is 0.0660 e. The number of nitrogens with one attached hydrogen (secondary N) is 1. The van der Waals surface area contributed by atoms with E-state index in [4.69, 9.17) is 11.6 Å². The van der Waals surface area contributed by atoms with Crippen molar-refractivity contribution >= 4 is 28.1 Å². The van der Waals surface area contributed by atoms with Gasteiger partial charge in [-0.25, -0.2) is 0 Å². The minimum absolute atomic E-state index is 0.825. The minimum Gasteiger partial charge on any atom is -0.278 e. The molecule has 0 aliphatic carbocycles.